The number of nitrogens with two attached hydrogens (primary N) is 1. The van der Waals surface area contributed by atoms with Crippen molar-refractivity contribution in [2.24, 2.45) is 0 Å². The summed E-state index contributed by atoms with van der Waals surface area (Å²) in [5.74, 6) is 0.203. The molecular formula is C26H35N2O5+. The molecule has 2 unspecified atom stereocenters. The number of esters is 1. The van der Waals surface area contributed by atoms with Gasteiger partial charge in [-0.05, 0) is 57.5 Å². The molecule has 4 N–H and O–H groups in total. The van der Waals surface area contributed by atoms with Gasteiger partial charge in [-0.1, -0.05) is 24.6 Å². The van der Waals surface area contributed by atoms with Crippen molar-refractivity contribution in [1.82, 2.24) is 4.57 Å². The predicted octanol–water partition coefficient (Wildman–Crippen LogP) is 2.50. The molecule has 0 spiro atoms. The van der Waals surface area contributed by atoms with Gasteiger partial charge in [-0.2, -0.15) is 0 Å². The number of fused-ring (bicyclic) bond motifs is 1. The van der Waals surface area contributed by atoms with E-state index in [4.69, 9.17) is 9.47 Å². The zero-order chi connectivity index (χ0) is 24.0. The highest BCUT2D eigenvalue weighted by Crippen LogP contribution is 2.32. The third-order valence-electron chi connectivity index (χ3n) is 5.89. The van der Waals surface area contributed by atoms with E-state index >= 15 is 0 Å². The van der Waals surface area contributed by atoms with E-state index in [9.17, 15) is 15.0 Å². The number of carbonyl (C=O) groups excluding carboxylic acids is 1. The molecule has 7 nitrogen and oxygen atoms in total. The second-order valence-corrected chi connectivity index (χ2v) is 8.32. The summed E-state index contributed by atoms with van der Waals surface area (Å²) >= 11 is 0. The molecule has 1 heterocycles. The molecule has 0 aliphatic carbocycles. The molecular weight excluding hydrogens is 420 g/mol. The van der Waals surface area contributed by atoms with Crippen molar-refractivity contribution >= 4 is 16.9 Å². The highest BCUT2D eigenvalue weighted by Gasteiger charge is 2.22. The first-order chi connectivity index (χ1) is 15.9. The van der Waals surface area contributed by atoms with Crippen molar-refractivity contribution in [2.75, 3.05) is 26.4 Å². The van der Waals surface area contributed by atoms with Gasteiger partial charge in [0, 0.05) is 16.8 Å². The van der Waals surface area contributed by atoms with Crippen LogP contribution in [0.4, 0.5) is 0 Å². The molecule has 0 amide bonds. The van der Waals surface area contributed by atoms with E-state index < -0.39 is 6.10 Å². The van der Waals surface area contributed by atoms with Gasteiger partial charge in [0.2, 0.25) is 0 Å². The standard InChI is InChI=1S/C26H34N2O5/c1-5-19(15-29)27-14-21(30)16-33-22-11-12-24-23(13-22)25(26(31)32-6-2)18(4)28(24)20-9-7-17(3)8-10-20/h7-13,19,21,27,29-30H,5-6,14-16H2,1-4H3/p+1. The number of benzene rings is 2. The molecule has 1 aromatic heterocycles. The molecule has 0 aliphatic rings. The maximum absolute atomic E-state index is 12.8. The summed E-state index contributed by atoms with van der Waals surface area (Å²) in [5, 5.41) is 22.3. The summed E-state index contributed by atoms with van der Waals surface area (Å²) in [6, 6.07) is 13.8. The molecule has 0 saturated carbocycles. The van der Waals surface area contributed by atoms with Gasteiger partial charge in [0.15, 0.2) is 0 Å². The molecule has 0 aliphatic heterocycles. The van der Waals surface area contributed by atoms with Crippen molar-refractivity contribution in [3.05, 3.63) is 59.3 Å². The van der Waals surface area contributed by atoms with Gasteiger partial charge < -0.3 is 29.6 Å². The summed E-state index contributed by atoms with van der Waals surface area (Å²) in [5.41, 5.74) is 4.32. The molecule has 0 fully saturated rings. The zero-order valence-electron chi connectivity index (χ0n) is 19.9. The number of nitrogens with zero attached hydrogens (tertiary/aromatic N) is 1. The summed E-state index contributed by atoms with van der Waals surface area (Å²) < 4.78 is 13.2. The van der Waals surface area contributed by atoms with Gasteiger partial charge in [-0.15, -0.1) is 0 Å². The summed E-state index contributed by atoms with van der Waals surface area (Å²) in [7, 11) is 0. The van der Waals surface area contributed by atoms with E-state index in [1.807, 2.05) is 73.1 Å². The average Bonchev–Trinajstić information content (AvgIpc) is 3.10. The van der Waals surface area contributed by atoms with Gasteiger partial charge in [-0.3, -0.25) is 0 Å². The Morgan fingerprint density at radius 1 is 1.12 bits per heavy atom. The number of rotatable bonds is 11. The van der Waals surface area contributed by atoms with Crippen molar-refractivity contribution in [1.29, 1.82) is 0 Å². The van der Waals surface area contributed by atoms with E-state index in [1.54, 1.807) is 6.92 Å². The second kappa shape index (κ2) is 11.3. The molecule has 0 bridgehead atoms. The zero-order valence-corrected chi connectivity index (χ0v) is 19.9. The van der Waals surface area contributed by atoms with Crippen LogP contribution in [0.15, 0.2) is 42.5 Å². The summed E-state index contributed by atoms with van der Waals surface area (Å²) in [6.07, 6.45) is 0.152. The van der Waals surface area contributed by atoms with Gasteiger partial charge in [0.1, 0.15) is 31.0 Å². The second-order valence-electron chi connectivity index (χ2n) is 8.32. The lowest BCUT2D eigenvalue weighted by atomic mass is 10.1. The van der Waals surface area contributed by atoms with Crippen LogP contribution in [-0.2, 0) is 4.74 Å². The van der Waals surface area contributed by atoms with E-state index in [1.165, 1.54) is 0 Å². The summed E-state index contributed by atoms with van der Waals surface area (Å²) in [6.45, 7) is 8.68. The van der Waals surface area contributed by atoms with Crippen LogP contribution in [0, 0.1) is 13.8 Å². The lowest BCUT2D eigenvalue weighted by Crippen LogP contribution is -2.92. The minimum absolute atomic E-state index is 0.0765. The van der Waals surface area contributed by atoms with E-state index in [2.05, 4.69) is 0 Å². The average molecular weight is 456 g/mol. The van der Waals surface area contributed by atoms with Crippen LogP contribution in [0.5, 0.6) is 5.75 Å². The monoisotopic (exact) mass is 455 g/mol. The van der Waals surface area contributed by atoms with Crippen molar-refractivity contribution in [3.63, 3.8) is 0 Å². The SMILES string of the molecule is CCOC(=O)c1c(C)n(-c2ccc(C)cc2)c2ccc(OCC(O)C[NH2+]C(CC)CO)cc12. The normalized spacial score (nSPS) is 13.2. The molecule has 3 rings (SSSR count). The molecule has 0 saturated heterocycles. The Balaban J connectivity index is 1.90. The number of aliphatic hydroxyl groups excluding tert-OH is 2. The molecule has 33 heavy (non-hydrogen) atoms. The van der Waals surface area contributed by atoms with Crippen molar-refractivity contribution in [2.45, 2.75) is 46.3 Å². The Hall–Kier alpha value is -2.87. The van der Waals surface area contributed by atoms with Crippen LogP contribution in [0.2, 0.25) is 0 Å². The number of hydrogen-bond donors (Lipinski definition) is 3. The Morgan fingerprint density at radius 3 is 2.48 bits per heavy atom. The number of aryl methyl sites for hydroxylation is 1. The predicted molar refractivity (Wildman–Crippen MR) is 128 cm³/mol. The van der Waals surface area contributed by atoms with Crippen LogP contribution in [0.1, 0.15) is 41.9 Å². The largest absolute Gasteiger partial charge is 0.491 e. The number of aliphatic hydroxyl groups is 2. The highest BCUT2D eigenvalue weighted by atomic mass is 16.5. The number of aromatic nitrogens is 1. The third kappa shape index (κ3) is 5.74. The fourth-order valence-corrected chi connectivity index (χ4v) is 3.96. The molecule has 3 aromatic rings. The van der Waals surface area contributed by atoms with Crippen molar-refractivity contribution < 1.29 is 29.8 Å². The topological polar surface area (TPSA) is 97.5 Å². The highest BCUT2D eigenvalue weighted by molar-refractivity contribution is 6.07. The van der Waals surface area contributed by atoms with Crippen LogP contribution in [0.3, 0.4) is 0 Å². The number of carbonyl (C=O) groups is 1. The lowest BCUT2D eigenvalue weighted by molar-refractivity contribution is -0.696. The van der Waals surface area contributed by atoms with Gasteiger partial charge in [-0.25, -0.2) is 4.79 Å². The maximum atomic E-state index is 12.8. The molecule has 0 radical (unpaired) electrons. The van der Waals surface area contributed by atoms with Gasteiger partial charge in [0.05, 0.1) is 24.3 Å². The van der Waals surface area contributed by atoms with Crippen LogP contribution in [0.25, 0.3) is 16.6 Å². The first-order valence-corrected chi connectivity index (χ1v) is 11.5. The number of quaternary nitrogens is 1. The number of ether oxygens (including phenoxy) is 2. The Labute approximate surface area is 194 Å². The van der Waals surface area contributed by atoms with Crippen LogP contribution < -0.4 is 10.1 Å². The van der Waals surface area contributed by atoms with E-state index in [0.717, 1.165) is 34.3 Å². The molecule has 2 atom stereocenters. The van der Waals surface area contributed by atoms with Gasteiger partial charge in [0.25, 0.3) is 0 Å². The van der Waals surface area contributed by atoms with Crippen LogP contribution >= 0.6 is 0 Å². The van der Waals surface area contributed by atoms with E-state index in [-0.39, 0.29) is 25.2 Å². The maximum Gasteiger partial charge on any atom is 0.340 e. The van der Waals surface area contributed by atoms with Crippen molar-refractivity contribution in [3.8, 4) is 11.4 Å². The fraction of sp³-hybridized carbons (Fsp3) is 0.423. The van der Waals surface area contributed by atoms with Gasteiger partial charge >= 0.3 is 5.97 Å². The lowest BCUT2D eigenvalue weighted by Gasteiger charge is -2.15. The minimum atomic E-state index is -0.676. The third-order valence-corrected chi connectivity index (χ3v) is 5.89. The smallest absolute Gasteiger partial charge is 0.340 e. The van der Waals surface area contributed by atoms with E-state index in [0.29, 0.717) is 24.5 Å². The van der Waals surface area contributed by atoms with Crippen LogP contribution in [-0.4, -0.2) is 59.3 Å². The Bertz CT molecular complexity index is 1070. The molecule has 2 aromatic carbocycles. The molecule has 178 valence electrons. The Morgan fingerprint density at radius 2 is 1.85 bits per heavy atom. The first-order valence-electron chi connectivity index (χ1n) is 11.5. The molecule has 7 heteroatoms. The quantitative estimate of drug-likeness (QED) is 0.386. The Kier molecular flexibility index (Phi) is 8.49. The number of hydrogen-bond acceptors (Lipinski definition) is 5. The summed E-state index contributed by atoms with van der Waals surface area (Å²) in [4.78, 5) is 12.8. The fourth-order valence-electron chi connectivity index (χ4n) is 3.96. The first kappa shape index (κ1) is 24.8. The minimum Gasteiger partial charge on any atom is -0.491 e.